The number of carbonyl (C=O) groups is 2. The molecule has 0 bridgehead atoms. The molecule has 1 aliphatic heterocycles. The first-order chi connectivity index (χ1) is 15.7. The molecule has 2 aromatic rings. The Bertz CT molecular complexity index is 1150. The average molecular weight is 535 g/mol. The number of likely N-dealkylation sites (tertiary alicyclic amines) is 1. The highest BCUT2D eigenvalue weighted by molar-refractivity contribution is 6.47. The van der Waals surface area contributed by atoms with Crippen LogP contribution in [0.5, 0.6) is 11.5 Å². The Labute approximate surface area is 210 Å². The average Bonchev–Trinajstić information content (AvgIpc) is 3.03. The fourth-order valence-corrected chi connectivity index (χ4v) is 4.61. The van der Waals surface area contributed by atoms with Gasteiger partial charge in [0.05, 0.1) is 53.1 Å². The quantitative estimate of drug-likeness (QED) is 0.291. The van der Waals surface area contributed by atoms with Crippen LogP contribution in [0.25, 0.3) is 5.76 Å². The molecule has 0 aliphatic carbocycles. The Hall–Kier alpha value is -2.16. The third-order valence-corrected chi connectivity index (χ3v) is 6.49. The maximum absolute atomic E-state index is 13.1. The molecule has 1 aliphatic rings. The lowest BCUT2D eigenvalue weighted by Crippen LogP contribution is -2.32. The summed E-state index contributed by atoms with van der Waals surface area (Å²) in [7, 11) is 4.17. The van der Waals surface area contributed by atoms with E-state index in [-0.39, 0.29) is 50.9 Å². The fraction of sp³-hybridized carbons (Fsp3) is 0.273. The standard InChI is InChI=1S/C22H19Cl4NO6/c1-31-7-6-27-17(10-4-5-12(23)13(24)8-10)15(19(29)22(27)30)18(28)11-9-14(25)21(33-3)16(26)20(11)32-2/h4-5,8-9,17,28H,6-7H2,1-3H3/b18-15+. The number of hydrogen-bond donors (Lipinski definition) is 1. The summed E-state index contributed by atoms with van der Waals surface area (Å²) in [4.78, 5) is 27.3. The molecule has 1 saturated heterocycles. The Morgan fingerprint density at radius 1 is 0.970 bits per heavy atom. The van der Waals surface area contributed by atoms with Crippen LogP contribution in [0.3, 0.4) is 0 Å². The van der Waals surface area contributed by atoms with Gasteiger partial charge < -0.3 is 24.2 Å². The summed E-state index contributed by atoms with van der Waals surface area (Å²) in [5.74, 6) is -2.08. The monoisotopic (exact) mass is 533 g/mol. The van der Waals surface area contributed by atoms with E-state index in [0.29, 0.717) is 10.6 Å². The van der Waals surface area contributed by atoms with Gasteiger partial charge in [-0.15, -0.1) is 0 Å². The first-order valence-electron chi connectivity index (χ1n) is 9.50. The molecule has 0 radical (unpaired) electrons. The maximum atomic E-state index is 13.1. The summed E-state index contributed by atoms with van der Waals surface area (Å²) in [5, 5.41) is 11.9. The summed E-state index contributed by atoms with van der Waals surface area (Å²) in [6, 6.07) is 5.05. The van der Waals surface area contributed by atoms with Gasteiger partial charge in [0.2, 0.25) is 0 Å². The Morgan fingerprint density at radius 2 is 1.64 bits per heavy atom. The third-order valence-electron chi connectivity index (χ3n) is 5.13. The van der Waals surface area contributed by atoms with Crippen molar-refractivity contribution in [1.29, 1.82) is 0 Å². The van der Waals surface area contributed by atoms with Crippen molar-refractivity contribution in [2.24, 2.45) is 0 Å². The van der Waals surface area contributed by atoms with E-state index in [1.54, 1.807) is 6.07 Å². The number of aliphatic hydroxyl groups excluding tert-OH is 1. The van der Waals surface area contributed by atoms with Gasteiger partial charge in [-0.2, -0.15) is 0 Å². The van der Waals surface area contributed by atoms with Gasteiger partial charge in [0.15, 0.2) is 11.5 Å². The molecule has 1 N–H and O–H groups in total. The van der Waals surface area contributed by atoms with E-state index in [1.165, 1.54) is 44.4 Å². The number of halogens is 4. The molecule has 1 heterocycles. The predicted molar refractivity (Wildman–Crippen MR) is 127 cm³/mol. The van der Waals surface area contributed by atoms with Gasteiger partial charge in [-0.25, -0.2) is 0 Å². The van der Waals surface area contributed by atoms with Gasteiger partial charge in [0, 0.05) is 13.7 Å². The van der Waals surface area contributed by atoms with Crippen LogP contribution in [0.15, 0.2) is 29.8 Å². The molecule has 11 heteroatoms. The first-order valence-corrected chi connectivity index (χ1v) is 11.0. The summed E-state index contributed by atoms with van der Waals surface area (Å²) < 4.78 is 15.6. The van der Waals surface area contributed by atoms with Crippen LogP contribution < -0.4 is 9.47 Å². The van der Waals surface area contributed by atoms with Crippen molar-refractivity contribution in [3.63, 3.8) is 0 Å². The topological polar surface area (TPSA) is 85.3 Å². The Balaban J connectivity index is 2.30. The largest absolute Gasteiger partial charge is 0.507 e. The molecule has 1 unspecified atom stereocenters. The molecular formula is C22H19Cl4NO6. The summed E-state index contributed by atoms with van der Waals surface area (Å²) in [6.07, 6.45) is 0. The highest BCUT2D eigenvalue weighted by Gasteiger charge is 2.46. The highest BCUT2D eigenvalue weighted by atomic mass is 35.5. The smallest absolute Gasteiger partial charge is 0.295 e. The number of carbonyl (C=O) groups excluding carboxylic acids is 2. The lowest BCUT2D eigenvalue weighted by atomic mass is 9.95. The van der Waals surface area contributed by atoms with Gasteiger partial charge in [0.1, 0.15) is 10.8 Å². The number of Topliss-reactive ketones (excluding diaryl/α,β-unsaturated/α-hetero) is 1. The number of ether oxygens (including phenoxy) is 3. The van der Waals surface area contributed by atoms with Crippen molar-refractivity contribution < 1.29 is 28.9 Å². The second kappa shape index (κ2) is 10.4. The van der Waals surface area contributed by atoms with Crippen molar-refractivity contribution in [2.45, 2.75) is 6.04 Å². The van der Waals surface area contributed by atoms with Crippen LogP contribution >= 0.6 is 46.4 Å². The normalized spacial score (nSPS) is 17.5. The molecule has 0 saturated carbocycles. The van der Waals surface area contributed by atoms with Gasteiger partial charge in [-0.3, -0.25) is 9.59 Å². The van der Waals surface area contributed by atoms with Crippen molar-refractivity contribution in [3.05, 3.63) is 61.1 Å². The van der Waals surface area contributed by atoms with Crippen molar-refractivity contribution in [3.8, 4) is 11.5 Å². The van der Waals surface area contributed by atoms with Crippen LogP contribution in [-0.4, -0.2) is 56.2 Å². The van der Waals surface area contributed by atoms with Crippen LogP contribution in [0.4, 0.5) is 0 Å². The second-order valence-electron chi connectivity index (χ2n) is 6.95. The number of ketones is 1. The van der Waals surface area contributed by atoms with Gasteiger partial charge in [-0.05, 0) is 23.8 Å². The zero-order valence-corrected chi connectivity index (χ0v) is 20.8. The minimum atomic E-state index is -0.973. The molecule has 7 nitrogen and oxygen atoms in total. The van der Waals surface area contributed by atoms with Gasteiger partial charge >= 0.3 is 0 Å². The molecule has 33 heavy (non-hydrogen) atoms. The van der Waals surface area contributed by atoms with E-state index in [0.717, 1.165) is 0 Å². The lowest BCUT2D eigenvalue weighted by Gasteiger charge is -2.25. The molecule has 1 fully saturated rings. The van der Waals surface area contributed by atoms with Gasteiger partial charge in [-0.1, -0.05) is 52.5 Å². The van der Waals surface area contributed by atoms with E-state index in [1.807, 2.05) is 0 Å². The minimum absolute atomic E-state index is 0.00579. The molecule has 3 rings (SSSR count). The molecule has 1 amide bonds. The number of amides is 1. The van der Waals surface area contributed by atoms with Crippen molar-refractivity contribution in [2.75, 3.05) is 34.5 Å². The molecule has 176 valence electrons. The zero-order valence-electron chi connectivity index (χ0n) is 17.7. The molecule has 0 aromatic heterocycles. The number of nitrogens with zero attached hydrogens (tertiary/aromatic N) is 1. The summed E-state index contributed by atoms with van der Waals surface area (Å²) >= 11 is 24.8. The fourth-order valence-electron chi connectivity index (χ4n) is 3.62. The third kappa shape index (κ3) is 4.61. The molecular weight excluding hydrogens is 516 g/mol. The number of rotatable bonds is 7. The summed E-state index contributed by atoms with van der Waals surface area (Å²) in [6.45, 7) is 0.248. The molecule has 1 atom stereocenters. The van der Waals surface area contributed by atoms with E-state index in [4.69, 9.17) is 60.6 Å². The first kappa shape index (κ1) is 25.5. The SMILES string of the molecule is COCCN1C(=O)C(=O)/C(=C(/O)c2cc(Cl)c(OC)c(Cl)c2OC)C1c1ccc(Cl)c(Cl)c1. The summed E-state index contributed by atoms with van der Waals surface area (Å²) in [5.41, 5.74) is 0.291. The second-order valence-corrected chi connectivity index (χ2v) is 8.54. The van der Waals surface area contributed by atoms with E-state index < -0.39 is 23.5 Å². The van der Waals surface area contributed by atoms with E-state index >= 15 is 0 Å². The van der Waals surface area contributed by atoms with E-state index in [2.05, 4.69) is 0 Å². The van der Waals surface area contributed by atoms with Crippen LogP contribution in [0.2, 0.25) is 20.1 Å². The minimum Gasteiger partial charge on any atom is -0.507 e. The predicted octanol–water partition coefficient (Wildman–Crippen LogP) is 5.39. The number of benzene rings is 2. The van der Waals surface area contributed by atoms with E-state index in [9.17, 15) is 14.7 Å². The zero-order chi connectivity index (χ0) is 24.4. The van der Waals surface area contributed by atoms with Crippen LogP contribution in [0.1, 0.15) is 17.2 Å². The Morgan fingerprint density at radius 3 is 2.21 bits per heavy atom. The lowest BCUT2D eigenvalue weighted by molar-refractivity contribution is -0.140. The molecule has 0 spiro atoms. The number of methoxy groups -OCH3 is 3. The van der Waals surface area contributed by atoms with Crippen LogP contribution in [0, 0.1) is 0 Å². The van der Waals surface area contributed by atoms with Crippen molar-refractivity contribution in [1.82, 2.24) is 4.90 Å². The van der Waals surface area contributed by atoms with Gasteiger partial charge in [0.25, 0.3) is 11.7 Å². The number of hydrogen-bond acceptors (Lipinski definition) is 6. The van der Waals surface area contributed by atoms with Crippen LogP contribution in [-0.2, 0) is 14.3 Å². The van der Waals surface area contributed by atoms with Crippen molar-refractivity contribution >= 4 is 63.9 Å². The highest BCUT2D eigenvalue weighted by Crippen LogP contribution is 2.47. The Kier molecular flexibility index (Phi) is 8.03. The number of aliphatic hydroxyl groups is 1. The maximum Gasteiger partial charge on any atom is 0.295 e. The molecule has 2 aromatic carbocycles.